The van der Waals surface area contributed by atoms with E-state index in [1.165, 1.54) is 23.1 Å². The van der Waals surface area contributed by atoms with E-state index in [9.17, 15) is 4.79 Å². The molecule has 0 unspecified atom stereocenters. The molecule has 0 fully saturated rings. The maximum Gasteiger partial charge on any atom is 0.236 e. The molecule has 1 aromatic carbocycles. The van der Waals surface area contributed by atoms with Gasteiger partial charge in [-0.2, -0.15) is 0 Å². The van der Waals surface area contributed by atoms with Gasteiger partial charge in [-0.15, -0.1) is 22.7 Å². The van der Waals surface area contributed by atoms with Crippen LogP contribution in [-0.4, -0.2) is 26.6 Å². The van der Waals surface area contributed by atoms with Gasteiger partial charge in [0.2, 0.25) is 5.91 Å². The number of thiophene rings is 1. The van der Waals surface area contributed by atoms with Crippen molar-refractivity contribution in [2.75, 3.05) is 11.1 Å². The van der Waals surface area contributed by atoms with E-state index < -0.39 is 0 Å². The first-order valence-electron chi connectivity index (χ1n) is 7.84. The molecule has 0 spiro atoms. The molecule has 26 heavy (non-hydrogen) atoms. The highest BCUT2D eigenvalue weighted by Gasteiger charge is 2.11. The van der Waals surface area contributed by atoms with E-state index in [2.05, 4.69) is 20.3 Å². The summed E-state index contributed by atoms with van der Waals surface area (Å²) in [5.74, 6) is 0.878. The average molecular weight is 399 g/mol. The number of thiazole rings is 1. The van der Waals surface area contributed by atoms with Crippen LogP contribution >= 0.6 is 34.4 Å². The Balaban J connectivity index is 1.43. The molecule has 1 N–H and O–H groups in total. The second-order valence-electron chi connectivity index (χ2n) is 5.45. The number of carbonyl (C=O) groups is 1. The van der Waals surface area contributed by atoms with E-state index in [1.807, 2.05) is 54.1 Å². The fourth-order valence-corrected chi connectivity index (χ4v) is 4.78. The van der Waals surface area contributed by atoms with Gasteiger partial charge in [0.25, 0.3) is 0 Å². The zero-order chi connectivity index (χ0) is 17.9. The van der Waals surface area contributed by atoms with Crippen LogP contribution in [-0.2, 0) is 4.79 Å². The number of fused-ring (bicyclic) bond motifs is 1. The van der Waals surface area contributed by atoms with Crippen molar-refractivity contribution in [1.29, 1.82) is 0 Å². The van der Waals surface area contributed by atoms with Gasteiger partial charge in [-0.1, -0.05) is 36.0 Å². The standard InChI is InChI=1S/C18H14N4OS3/c1-11-19-13-6-3-2-5-12(13)17(20-11)25-10-16(23)22-18-21-14(9-26-18)15-7-4-8-24-15/h2-9H,10H2,1H3,(H,21,22,23). The number of aryl methyl sites for hydroxylation is 1. The summed E-state index contributed by atoms with van der Waals surface area (Å²) in [4.78, 5) is 26.8. The van der Waals surface area contributed by atoms with Gasteiger partial charge in [0.1, 0.15) is 10.9 Å². The van der Waals surface area contributed by atoms with Crippen LogP contribution in [0.2, 0.25) is 0 Å². The monoisotopic (exact) mass is 398 g/mol. The summed E-state index contributed by atoms with van der Waals surface area (Å²) >= 11 is 4.47. The number of hydrogen-bond acceptors (Lipinski definition) is 7. The molecule has 4 aromatic rings. The molecule has 1 amide bonds. The molecule has 0 saturated heterocycles. The SMILES string of the molecule is Cc1nc(SCC(=O)Nc2nc(-c3cccs3)cs2)c2ccccc2n1. The highest BCUT2D eigenvalue weighted by atomic mass is 32.2. The molecule has 0 atom stereocenters. The van der Waals surface area contributed by atoms with Gasteiger partial charge < -0.3 is 5.32 Å². The molecule has 4 rings (SSSR count). The summed E-state index contributed by atoms with van der Waals surface area (Å²) in [6.45, 7) is 1.86. The van der Waals surface area contributed by atoms with E-state index in [-0.39, 0.29) is 11.7 Å². The quantitative estimate of drug-likeness (QED) is 0.384. The van der Waals surface area contributed by atoms with E-state index in [0.717, 1.165) is 26.5 Å². The minimum Gasteiger partial charge on any atom is -0.301 e. The lowest BCUT2D eigenvalue weighted by molar-refractivity contribution is -0.113. The Bertz CT molecular complexity index is 1060. The second kappa shape index (κ2) is 7.53. The smallest absolute Gasteiger partial charge is 0.236 e. The molecule has 130 valence electrons. The number of nitrogens with one attached hydrogen (secondary N) is 1. The highest BCUT2D eigenvalue weighted by Crippen LogP contribution is 2.29. The van der Waals surface area contributed by atoms with Crippen LogP contribution in [0.1, 0.15) is 5.82 Å². The lowest BCUT2D eigenvalue weighted by Crippen LogP contribution is -2.14. The molecule has 3 aromatic heterocycles. The number of nitrogens with zero attached hydrogens (tertiary/aromatic N) is 3. The number of thioether (sulfide) groups is 1. The molecule has 0 aliphatic rings. The molecular weight excluding hydrogens is 384 g/mol. The number of benzene rings is 1. The predicted octanol–water partition coefficient (Wildman–Crippen LogP) is 4.85. The van der Waals surface area contributed by atoms with Gasteiger partial charge in [-0.25, -0.2) is 15.0 Å². The maximum atomic E-state index is 12.3. The number of amides is 1. The van der Waals surface area contributed by atoms with Crippen LogP contribution < -0.4 is 5.32 Å². The minimum atomic E-state index is -0.0950. The van der Waals surface area contributed by atoms with Crippen molar-refractivity contribution < 1.29 is 4.79 Å². The average Bonchev–Trinajstić information content (AvgIpc) is 3.31. The molecule has 3 heterocycles. The minimum absolute atomic E-state index is 0.0950. The molecule has 0 radical (unpaired) electrons. The highest BCUT2D eigenvalue weighted by molar-refractivity contribution is 8.00. The molecule has 0 saturated carbocycles. The van der Waals surface area contributed by atoms with Crippen molar-refractivity contribution in [2.24, 2.45) is 0 Å². The van der Waals surface area contributed by atoms with Crippen LogP contribution in [0.3, 0.4) is 0 Å². The number of para-hydroxylation sites is 1. The van der Waals surface area contributed by atoms with Crippen LogP contribution in [0.5, 0.6) is 0 Å². The molecule has 8 heteroatoms. The van der Waals surface area contributed by atoms with Crippen molar-refractivity contribution >= 4 is 56.4 Å². The largest absolute Gasteiger partial charge is 0.301 e. The second-order valence-corrected chi connectivity index (χ2v) is 8.22. The number of anilines is 1. The van der Waals surface area contributed by atoms with Crippen molar-refractivity contribution in [3.8, 4) is 10.6 Å². The van der Waals surface area contributed by atoms with Crippen molar-refractivity contribution in [3.05, 3.63) is 53.0 Å². The summed E-state index contributed by atoms with van der Waals surface area (Å²) in [6, 6.07) is 11.8. The van der Waals surface area contributed by atoms with Gasteiger partial charge in [-0.05, 0) is 24.4 Å². The summed E-state index contributed by atoms with van der Waals surface area (Å²) in [6.07, 6.45) is 0. The fraction of sp³-hybridized carbons (Fsp3) is 0.111. The summed E-state index contributed by atoms with van der Waals surface area (Å²) < 4.78 is 0. The third-order valence-corrected chi connectivity index (χ3v) is 6.19. The van der Waals surface area contributed by atoms with Gasteiger partial charge in [0, 0.05) is 10.8 Å². The molecule has 0 aliphatic carbocycles. The van der Waals surface area contributed by atoms with Gasteiger partial charge in [0.15, 0.2) is 5.13 Å². The Morgan fingerprint density at radius 3 is 2.85 bits per heavy atom. The third-order valence-electron chi connectivity index (χ3n) is 3.54. The summed E-state index contributed by atoms with van der Waals surface area (Å²) in [7, 11) is 0. The van der Waals surface area contributed by atoms with Gasteiger partial charge >= 0.3 is 0 Å². The Kier molecular flexibility index (Phi) is 4.96. The lowest BCUT2D eigenvalue weighted by Gasteiger charge is -2.06. The normalized spacial score (nSPS) is 11.0. The Morgan fingerprint density at radius 2 is 2.00 bits per heavy atom. The maximum absolute atomic E-state index is 12.3. The number of carbonyl (C=O) groups excluding carboxylic acids is 1. The van der Waals surface area contributed by atoms with Crippen LogP contribution in [0.15, 0.2) is 52.2 Å². The summed E-state index contributed by atoms with van der Waals surface area (Å²) in [5, 5.41) is 9.23. The van der Waals surface area contributed by atoms with E-state index >= 15 is 0 Å². The van der Waals surface area contributed by atoms with Gasteiger partial charge in [-0.3, -0.25) is 4.79 Å². The Morgan fingerprint density at radius 1 is 1.12 bits per heavy atom. The third kappa shape index (κ3) is 3.77. The Labute approximate surface area is 162 Å². The lowest BCUT2D eigenvalue weighted by atomic mass is 10.2. The summed E-state index contributed by atoms with van der Waals surface area (Å²) in [5.41, 5.74) is 1.79. The Hall–Kier alpha value is -2.29. The number of hydrogen-bond donors (Lipinski definition) is 1. The fourth-order valence-electron chi connectivity index (χ4n) is 2.43. The molecule has 0 bridgehead atoms. The first-order chi connectivity index (χ1) is 12.7. The first kappa shape index (κ1) is 17.1. The number of aromatic nitrogens is 3. The van der Waals surface area contributed by atoms with Crippen molar-refractivity contribution in [3.63, 3.8) is 0 Å². The number of rotatable bonds is 5. The van der Waals surface area contributed by atoms with E-state index in [4.69, 9.17) is 0 Å². The van der Waals surface area contributed by atoms with E-state index in [0.29, 0.717) is 11.0 Å². The van der Waals surface area contributed by atoms with Crippen molar-refractivity contribution in [1.82, 2.24) is 15.0 Å². The van der Waals surface area contributed by atoms with Crippen LogP contribution in [0.25, 0.3) is 21.5 Å². The topological polar surface area (TPSA) is 67.8 Å². The van der Waals surface area contributed by atoms with Crippen LogP contribution in [0.4, 0.5) is 5.13 Å². The predicted molar refractivity (Wildman–Crippen MR) is 109 cm³/mol. The zero-order valence-electron chi connectivity index (χ0n) is 13.8. The van der Waals surface area contributed by atoms with Gasteiger partial charge in [0.05, 0.1) is 21.8 Å². The molecule has 0 aliphatic heterocycles. The van der Waals surface area contributed by atoms with Crippen LogP contribution in [0, 0.1) is 6.92 Å². The van der Waals surface area contributed by atoms with E-state index in [1.54, 1.807) is 11.3 Å². The molecule has 5 nitrogen and oxygen atoms in total. The zero-order valence-corrected chi connectivity index (χ0v) is 16.3. The molecular formula is C18H14N4OS3. The van der Waals surface area contributed by atoms with Crippen molar-refractivity contribution in [2.45, 2.75) is 11.9 Å². The first-order valence-corrected chi connectivity index (χ1v) is 10.6.